The normalized spacial score (nSPS) is 9.00. The summed E-state index contributed by atoms with van der Waals surface area (Å²) in [6, 6.07) is 6.19. The van der Waals surface area contributed by atoms with Crippen molar-refractivity contribution in [2.75, 3.05) is 6.61 Å². The summed E-state index contributed by atoms with van der Waals surface area (Å²) >= 11 is 5.75. The number of hydrogen-bond acceptors (Lipinski definition) is 3. The van der Waals surface area contributed by atoms with Crippen LogP contribution in [-0.4, -0.2) is 6.61 Å². The minimum atomic E-state index is -0.708. The highest BCUT2D eigenvalue weighted by atomic mass is 35.5. The number of nitriles is 2. The molecule has 86 valence electrons. The van der Waals surface area contributed by atoms with E-state index in [2.05, 4.69) is 0 Å². The maximum absolute atomic E-state index is 13.7. The minimum Gasteiger partial charge on any atom is -0.492 e. The maximum atomic E-state index is 13.7. The molecule has 5 heteroatoms. The smallest absolute Gasteiger partial charge is 0.152 e. The molecular formula is C12H8ClFN2O. The van der Waals surface area contributed by atoms with E-state index in [0.717, 1.165) is 6.08 Å². The van der Waals surface area contributed by atoms with Crippen LogP contribution in [0.3, 0.4) is 0 Å². The lowest BCUT2D eigenvalue weighted by Crippen LogP contribution is -1.95. The molecule has 0 aromatic heterocycles. The standard InChI is InChI=1S/C12H8ClFN2O/c1-2-17-10-4-3-9(12(14)11(10)13)5-8(6-15)7-16/h3-5H,2H2,1H3. The van der Waals surface area contributed by atoms with Gasteiger partial charge in [0.2, 0.25) is 0 Å². The van der Waals surface area contributed by atoms with Gasteiger partial charge in [0.05, 0.1) is 6.61 Å². The van der Waals surface area contributed by atoms with Crippen molar-refractivity contribution >= 4 is 17.7 Å². The van der Waals surface area contributed by atoms with Gasteiger partial charge in [0.25, 0.3) is 0 Å². The summed E-state index contributed by atoms with van der Waals surface area (Å²) in [5.74, 6) is -0.472. The molecule has 0 saturated carbocycles. The molecule has 0 amide bonds. The Hall–Kier alpha value is -2.04. The van der Waals surface area contributed by atoms with Crippen molar-refractivity contribution < 1.29 is 9.13 Å². The van der Waals surface area contributed by atoms with Crippen LogP contribution in [0.5, 0.6) is 5.75 Å². The van der Waals surface area contributed by atoms with E-state index in [-0.39, 0.29) is 21.9 Å². The molecule has 0 aliphatic rings. The number of halogens is 2. The summed E-state index contributed by atoms with van der Waals surface area (Å²) in [6.45, 7) is 2.13. The molecular weight excluding hydrogens is 243 g/mol. The molecule has 3 nitrogen and oxygen atoms in total. The zero-order chi connectivity index (χ0) is 12.8. The molecule has 1 aromatic carbocycles. The largest absolute Gasteiger partial charge is 0.492 e. The van der Waals surface area contributed by atoms with Crippen molar-refractivity contribution in [1.29, 1.82) is 10.5 Å². The summed E-state index contributed by atoms with van der Waals surface area (Å²) in [4.78, 5) is 0. The molecule has 0 aliphatic heterocycles. The van der Waals surface area contributed by atoms with Gasteiger partial charge >= 0.3 is 0 Å². The highest BCUT2D eigenvalue weighted by molar-refractivity contribution is 6.32. The number of benzene rings is 1. The third kappa shape index (κ3) is 2.96. The first-order chi connectivity index (χ1) is 8.13. The van der Waals surface area contributed by atoms with E-state index < -0.39 is 5.82 Å². The quantitative estimate of drug-likeness (QED) is 0.774. The SMILES string of the molecule is CCOc1ccc(C=C(C#N)C#N)c(F)c1Cl. The predicted octanol–water partition coefficient (Wildman–Crippen LogP) is 3.31. The van der Waals surface area contributed by atoms with Gasteiger partial charge in [0.1, 0.15) is 28.5 Å². The molecule has 0 atom stereocenters. The fraction of sp³-hybridized carbons (Fsp3) is 0.167. The van der Waals surface area contributed by atoms with Gasteiger partial charge in [-0.05, 0) is 25.1 Å². The Morgan fingerprint density at radius 1 is 1.47 bits per heavy atom. The van der Waals surface area contributed by atoms with Crippen molar-refractivity contribution in [3.8, 4) is 17.9 Å². The molecule has 0 saturated heterocycles. The molecule has 0 spiro atoms. The molecule has 1 aromatic rings. The van der Waals surface area contributed by atoms with Crippen LogP contribution in [0.25, 0.3) is 6.08 Å². The Morgan fingerprint density at radius 3 is 2.65 bits per heavy atom. The summed E-state index contributed by atoms with van der Waals surface area (Å²) in [5.41, 5.74) is -0.110. The van der Waals surface area contributed by atoms with Crippen molar-refractivity contribution in [2.45, 2.75) is 6.92 Å². The maximum Gasteiger partial charge on any atom is 0.152 e. The van der Waals surface area contributed by atoms with Crippen LogP contribution < -0.4 is 4.74 Å². The second-order valence-electron chi connectivity index (χ2n) is 3.00. The van der Waals surface area contributed by atoms with Gasteiger partial charge in [-0.2, -0.15) is 10.5 Å². The summed E-state index contributed by atoms with van der Waals surface area (Å²) in [6.07, 6.45) is 1.14. The third-order valence-electron chi connectivity index (χ3n) is 1.92. The predicted molar refractivity (Wildman–Crippen MR) is 61.8 cm³/mol. The van der Waals surface area contributed by atoms with Crippen molar-refractivity contribution in [3.05, 3.63) is 34.1 Å². The van der Waals surface area contributed by atoms with Gasteiger partial charge in [0, 0.05) is 5.56 Å². The third-order valence-corrected chi connectivity index (χ3v) is 2.27. The molecule has 0 fully saturated rings. The number of hydrogen-bond donors (Lipinski definition) is 0. The first-order valence-corrected chi connectivity index (χ1v) is 5.14. The molecule has 0 radical (unpaired) electrons. The molecule has 0 aliphatic carbocycles. The van der Waals surface area contributed by atoms with Crippen LogP contribution >= 0.6 is 11.6 Å². The van der Waals surface area contributed by atoms with Crippen LogP contribution in [0.1, 0.15) is 12.5 Å². The summed E-state index contributed by atoms with van der Waals surface area (Å²) in [5, 5.41) is 17.0. The van der Waals surface area contributed by atoms with E-state index in [1.54, 1.807) is 19.1 Å². The molecule has 0 heterocycles. The average Bonchev–Trinajstić information content (AvgIpc) is 2.34. The molecule has 0 bridgehead atoms. The Labute approximate surface area is 103 Å². The fourth-order valence-electron chi connectivity index (χ4n) is 1.17. The Kier molecular flexibility index (Phi) is 4.51. The highest BCUT2D eigenvalue weighted by Crippen LogP contribution is 2.30. The zero-order valence-corrected chi connectivity index (χ0v) is 9.75. The molecule has 0 unspecified atom stereocenters. The number of nitrogens with zero attached hydrogens (tertiary/aromatic N) is 2. The van der Waals surface area contributed by atoms with Crippen molar-refractivity contribution in [2.24, 2.45) is 0 Å². The van der Waals surface area contributed by atoms with Crippen LogP contribution in [0.15, 0.2) is 17.7 Å². The van der Waals surface area contributed by atoms with Gasteiger partial charge in [-0.3, -0.25) is 0 Å². The number of ether oxygens (including phenoxy) is 1. The van der Waals surface area contributed by atoms with Crippen LogP contribution in [-0.2, 0) is 0 Å². The van der Waals surface area contributed by atoms with E-state index in [1.807, 2.05) is 0 Å². The summed E-state index contributed by atoms with van der Waals surface area (Å²) in [7, 11) is 0. The van der Waals surface area contributed by atoms with E-state index in [1.165, 1.54) is 12.1 Å². The lowest BCUT2D eigenvalue weighted by atomic mass is 10.1. The summed E-state index contributed by atoms with van der Waals surface area (Å²) < 4.78 is 18.9. The first kappa shape index (κ1) is 13.0. The topological polar surface area (TPSA) is 56.8 Å². The highest BCUT2D eigenvalue weighted by Gasteiger charge is 2.11. The lowest BCUT2D eigenvalue weighted by Gasteiger charge is -2.07. The van der Waals surface area contributed by atoms with Crippen LogP contribution in [0.2, 0.25) is 5.02 Å². The van der Waals surface area contributed by atoms with Gasteiger partial charge in [0.15, 0.2) is 5.82 Å². The molecule has 0 N–H and O–H groups in total. The van der Waals surface area contributed by atoms with Crippen molar-refractivity contribution in [1.82, 2.24) is 0 Å². The van der Waals surface area contributed by atoms with Gasteiger partial charge < -0.3 is 4.74 Å². The van der Waals surface area contributed by atoms with Crippen LogP contribution in [0.4, 0.5) is 4.39 Å². The second-order valence-corrected chi connectivity index (χ2v) is 3.37. The minimum absolute atomic E-state index is 0.0801. The first-order valence-electron chi connectivity index (χ1n) is 4.76. The van der Waals surface area contributed by atoms with Gasteiger partial charge in [-0.25, -0.2) is 4.39 Å². The Balaban J connectivity index is 3.23. The number of rotatable bonds is 3. The number of allylic oxidation sites excluding steroid dienone is 1. The molecule has 17 heavy (non-hydrogen) atoms. The van der Waals surface area contributed by atoms with E-state index in [9.17, 15) is 4.39 Å². The van der Waals surface area contributed by atoms with E-state index in [4.69, 9.17) is 26.9 Å². The average molecular weight is 251 g/mol. The van der Waals surface area contributed by atoms with Crippen molar-refractivity contribution in [3.63, 3.8) is 0 Å². The van der Waals surface area contributed by atoms with Gasteiger partial charge in [-0.15, -0.1) is 0 Å². The van der Waals surface area contributed by atoms with E-state index >= 15 is 0 Å². The Morgan fingerprint density at radius 2 is 2.12 bits per heavy atom. The second kappa shape index (κ2) is 5.89. The fourth-order valence-corrected chi connectivity index (χ4v) is 1.40. The zero-order valence-electron chi connectivity index (χ0n) is 9.00. The Bertz CT molecular complexity index is 525. The van der Waals surface area contributed by atoms with Crippen LogP contribution in [0, 0.1) is 28.5 Å². The monoisotopic (exact) mass is 250 g/mol. The van der Waals surface area contributed by atoms with E-state index in [0.29, 0.717) is 6.61 Å². The molecule has 1 rings (SSSR count). The lowest BCUT2D eigenvalue weighted by molar-refractivity contribution is 0.338. The van der Waals surface area contributed by atoms with Gasteiger partial charge in [-0.1, -0.05) is 11.6 Å².